The first-order chi connectivity index (χ1) is 16.4. The van der Waals surface area contributed by atoms with Crippen molar-refractivity contribution >= 4 is 46.1 Å². The molecule has 1 amide bonds. The maximum absolute atomic E-state index is 13.3. The lowest BCUT2D eigenvalue weighted by molar-refractivity contribution is -0.122. The number of hydrogen-bond acceptors (Lipinski definition) is 7. The number of amides is 1. The zero-order chi connectivity index (χ0) is 24.7. The first-order valence-corrected chi connectivity index (χ1v) is 13.4. The number of aromatic nitrogens is 1. The van der Waals surface area contributed by atoms with Gasteiger partial charge in [0.05, 0.1) is 4.91 Å². The number of unbranched alkanes of at least 4 members (excludes halogenated alkanes) is 1. The van der Waals surface area contributed by atoms with E-state index in [9.17, 15) is 14.9 Å². The monoisotopic (exact) mass is 502 g/mol. The largest absolute Gasteiger partial charge is 0.382 e. The van der Waals surface area contributed by atoms with Crippen LogP contribution in [0.3, 0.4) is 0 Å². The predicted octanol–water partition coefficient (Wildman–Crippen LogP) is 4.45. The van der Waals surface area contributed by atoms with Crippen LogP contribution in [-0.2, 0) is 16.1 Å². The van der Waals surface area contributed by atoms with Crippen LogP contribution >= 0.6 is 24.0 Å². The van der Waals surface area contributed by atoms with Crippen LogP contribution in [0.5, 0.6) is 0 Å². The Kier molecular flexibility index (Phi) is 9.74. The van der Waals surface area contributed by atoms with Crippen molar-refractivity contribution in [1.29, 1.82) is 5.26 Å². The average molecular weight is 503 g/mol. The Bertz CT molecular complexity index is 1050. The molecule has 0 unspecified atom stereocenters. The Balaban J connectivity index is 2.08. The Hall–Kier alpha value is -2.15. The topological polar surface area (TPSA) is 78.6 Å². The summed E-state index contributed by atoms with van der Waals surface area (Å²) in [5, 5.41) is 9.80. The quantitative estimate of drug-likeness (QED) is 0.266. The van der Waals surface area contributed by atoms with Crippen LogP contribution in [0, 0.1) is 18.3 Å². The van der Waals surface area contributed by atoms with Gasteiger partial charge in [-0.1, -0.05) is 37.3 Å². The van der Waals surface area contributed by atoms with E-state index >= 15 is 0 Å². The van der Waals surface area contributed by atoms with Crippen LogP contribution < -0.4 is 10.5 Å². The first-order valence-electron chi connectivity index (χ1n) is 12.2. The van der Waals surface area contributed by atoms with E-state index in [2.05, 4.69) is 17.9 Å². The number of pyridine rings is 1. The van der Waals surface area contributed by atoms with Gasteiger partial charge in [0.1, 0.15) is 21.8 Å². The van der Waals surface area contributed by atoms with E-state index in [1.54, 1.807) is 9.47 Å². The molecule has 3 rings (SSSR count). The molecule has 2 aliphatic rings. The molecular formula is C25H34N4O3S2. The lowest BCUT2D eigenvalue weighted by Gasteiger charge is -2.33. The fourth-order valence-electron chi connectivity index (χ4n) is 4.41. The number of thioether (sulfide) groups is 1. The predicted molar refractivity (Wildman–Crippen MR) is 142 cm³/mol. The van der Waals surface area contributed by atoms with Crippen LogP contribution in [-0.4, -0.2) is 52.5 Å². The maximum Gasteiger partial charge on any atom is 0.270 e. The number of nitriles is 1. The maximum atomic E-state index is 13.3. The molecule has 2 fully saturated rings. The molecule has 9 heteroatoms. The highest BCUT2D eigenvalue weighted by Gasteiger charge is 2.33. The molecule has 2 aliphatic heterocycles. The minimum atomic E-state index is -0.241. The van der Waals surface area contributed by atoms with Gasteiger partial charge in [-0.05, 0) is 57.6 Å². The molecule has 184 valence electrons. The molecule has 1 aromatic heterocycles. The van der Waals surface area contributed by atoms with Crippen molar-refractivity contribution in [2.24, 2.45) is 0 Å². The number of rotatable bonds is 10. The van der Waals surface area contributed by atoms with Crippen LogP contribution in [0.4, 0.5) is 5.82 Å². The summed E-state index contributed by atoms with van der Waals surface area (Å²) in [6.07, 6.45) is 7.63. The highest BCUT2D eigenvalue weighted by atomic mass is 32.2. The van der Waals surface area contributed by atoms with Crippen LogP contribution in [0.2, 0.25) is 0 Å². The Morgan fingerprint density at radius 3 is 2.53 bits per heavy atom. The number of nitrogens with zero attached hydrogens (tertiary/aromatic N) is 4. The smallest absolute Gasteiger partial charge is 0.270 e. The molecule has 0 bridgehead atoms. The van der Waals surface area contributed by atoms with Crippen LogP contribution in [0.25, 0.3) is 6.08 Å². The van der Waals surface area contributed by atoms with Gasteiger partial charge in [-0.3, -0.25) is 19.1 Å². The molecule has 3 heterocycles. The summed E-state index contributed by atoms with van der Waals surface area (Å²) in [6, 6.07) is 2.12. The fraction of sp³-hybridized carbons (Fsp3) is 0.600. The number of piperidine rings is 1. The second kappa shape index (κ2) is 12.5. The van der Waals surface area contributed by atoms with Crippen LogP contribution in [0.15, 0.2) is 9.70 Å². The Labute approximate surface area is 211 Å². The first kappa shape index (κ1) is 26.5. The van der Waals surface area contributed by atoms with Crippen molar-refractivity contribution in [3.8, 4) is 6.07 Å². The van der Waals surface area contributed by atoms with E-state index in [-0.39, 0.29) is 17.0 Å². The molecule has 0 radical (unpaired) electrons. The molecule has 0 N–H and O–H groups in total. The van der Waals surface area contributed by atoms with Crippen LogP contribution in [0.1, 0.15) is 69.1 Å². The summed E-state index contributed by atoms with van der Waals surface area (Å²) < 4.78 is 7.69. The molecule has 2 saturated heterocycles. The lowest BCUT2D eigenvalue weighted by atomic mass is 10.0. The molecule has 7 nitrogen and oxygen atoms in total. The molecule has 0 spiro atoms. The molecule has 0 atom stereocenters. The number of anilines is 1. The summed E-state index contributed by atoms with van der Waals surface area (Å²) in [6.45, 7) is 9.85. The number of ether oxygens (including phenoxy) is 1. The second-order valence-electron chi connectivity index (χ2n) is 8.59. The van der Waals surface area contributed by atoms with Crippen molar-refractivity contribution in [3.05, 3.63) is 31.9 Å². The van der Waals surface area contributed by atoms with E-state index in [4.69, 9.17) is 17.0 Å². The third-order valence-electron chi connectivity index (χ3n) is 6.26. The van der Waals surface area contributed by atoms with Crippen molar-refractivity contribution in [3.63, 3.8) is 0 Å². The fourth-order valence-corrected chi connectivity index (χ4v) is 5.70. The van der Waals surface area contributed by atoms with E-state index in [1.165, 1.54) is 18.2 Å². The normalized spacial score (nSPS) is 17.6. The van der Waals surface area contributed by atoms with Gasteiger partial charge >= 0.3 is 0 Å². The zero-order valence-electron chi connectivity index (χ0n) is 20.4. The molecular weight excluding hydrogens is 468 g/mol. The van der Waals surface area contributed by atoms with Crippen molar-refractivity contribution in [2.75, 3.05) is 37.7 Å². The number of thiocarbonyl (C=S) groups is 1. The van der Waals surface area contributed by atoms with E-state index in [0.29, 0.717) is 47.5 Å². The summed E-state index contributed by atoms with van der Waals surface area (Å²) in [5.74, 6) is 0.705. The van der Waals surface area contributed by atoms with E-state index < -0.39 is 0 Å². The average Bonchev–Trinajstić information content (AvgIpc) is 3.10. The summed E-state index contributed by atoms with van der Waals surface area (Å²) in [7, 11) is 0. The Morgan fingerprint density at radius 1 is 1.15 bits per heavy atom. The molecule has 34 heavy (non-hydrogen) atoms. The van der Waals surface area contributed by atoms with Crippen molar-refractivity contribution in [1.82, 2.24) is 9.47 Å². The number of carbonyl (C=O) groups excluding carboxylic acids is 1. The highest BCUT2D eigenvalue weighted by molar-refractivity contribution is 8.26. The minimum Gasteiger partial charge on any atom is -0.382 e. The Morgan fingerprint density at radius 2 is 1.88 bits per heavy atom. The van der Waals surface area contributed by atoms with Gasteiger partial charge in [0.2, 0.25) is 0 Å². The molecule has 1 aromatic rings. The van der Waals surface area contributed by atoms with Gasteiger partial charge < -0.3 is 9.64 Å². The third-order valence-corrected chi connectivity index (χ3v) is 7.64. The standard InChI is InChI=1S/C25H34N4O3S2/c1-4-6-13-28-22(27-11-8-7-9-12-27)19(18(3)20(17-26)23(28)30)16-21-24(31)29(25(33)34-21)14-10-15-32-5-2/h16H,4-15H2,1-3H3. The van der Waals surface area contributed by atoms with Crippen molar-refractivity contribution < 1.29 is 9.53 Å². The minimum absolute atomic E-state index is 0.125. The SMILES string of the molecule is CCCCn1c(N2CCCCC2)c(C=C2SC(=S)N(CCCOCC)C2=O)c(C)c(C#N)c1=O. The summed E-state index contributed by atoms with van der Waals surface area (Å²) in [5.41, 5.74) is 1.32. The highest BCUT2D eigenvalue weighted by Crippen LogP contribution is 2.36. The molecule has 0 aliphatic carbocycles. The van der Waals surface area contributed by atoms with E-state index in [0.717, 1.165) is 50.2 Å². The van der Waals surface area contributed by atoms with Gasteiger partial charge in [-0.25, -0.2) is 0 Å². The van der Waals surface area contributed by atoms with Crippen molar-refractivity contribution in [2.45, 2.75) is 65.8 Å². The summed E-state index contributed by atoms with van der Waals surface area (Å²) >= 11 is 6.79. The van der Waals surface area contributed by atoms with E-state index in [1.807, 2.05) is 19.9 Å². The molecule has 0 saturated carbocycles. The van der Waals surface area contributed by atoms with Gasteiger partial charge in [0.25, 0.3) is 11.5 Å². The van der Waals surface area contributed by atoms with Gasteiger partial charge in [0.15, 0.2) is 0 Å². The lowest BCUT2D eigenvalue weighted by Crippen LogP contribution is -2.37. The number of hydrogen-bond donors (Lipinski definition) is 0. The van der Waals surface area contributed by atoms with Gasteiger partial charge in [-0.2, -0.15) is 5.26 Å². The third kappa shape index (κ3) is 5.73. The van der Waals surface area contributed by atoms with Gasteiger partial charge in [0, 0.05) is 45.0 Å². The number of carbonyl (C=O) groups is 1. The van der Waals surface area contributed by atoms with Gasteiger partial charge in [-0.15, -0.1) is 0 Å². The zero-order valence-corrected chi connectivity index (χ0v) is 22.0. The second-order valence-corrected chi connectivity index (χ2v) is 10.3. The molecule has 0 aromatic carbocycles. The summed E-state index contributed by atoms with van der Waals surface area (Å²) in [4.78, 5) is 30.9.